The van der Waals surface area contributed by atoms with Crippen LogP contribution in [0, 0.1) is 0 Å². The van der Waals surface area contributed by atoms with Gasteiger partial charge in [0.1, 0.15) is 10.7 Å². The fourth-order valence-electron chi connectivity index (χ4n) is 3.16. The van der Waals surface area contributed by atoms with Gasteiger partial charge < -0.3 is 16.0 Å². The Hall–Kier alpha value is -1.34. The van der Waals surface area contributed by atoms with E-state index in [1.165, 1.54) is 30.7 Å². The van der Waals surface area contributed by atoms with Gasteiger partial charge >= 0.3 is 0 Å². The van der Waals surface area contributed by atoms with Gasteiger partial charge in [-0.15, -0.1) is 0 Å². The van der Waals surface area contributed by atoms with Crippen molar-refractivity contribution < 1.29 is 4.79 Å². The quantitative estimate of drug-likeness (QED) is 0.861. The summed E-state index contributed by atoms with van der Waals surface area (Å²) >= 11 is 1.35. The highest BCUT2D eigenvalue weighted by Crippen LogP contribution is 2.30. The summed E-state index contributed by atoms with van der Waals surface area (Å²) < 4.78 is 0. The van der Waals surface area contributed by atoms with E-state index in [1.54, 1.807) is 0 Å². The average molecular weight is 295 g/mol. The van der Waals surface area contributed by atoms with E-state index in [2.05, 4.69) is 15.2 Å². The third-order valence-corrected chi connectivity index (χ3v) is 5.39. The van der Waals surface area contributed by atoms with E-state index >= 15 is 0 Å². The van der Waals surface area contributed by atoms with Crippen molar-refractivity contribution in [2.75, 3.05) is 37.8 Å². The maximum atomic E-state index is 12.4. The number of hydrogen-bond donors (Lipinski definition) is 2. The lowest BCUT2D eigenvalue weighted by Gasteiger charge is -2.20. The second-order valence-electron chi connectivity index (χ2n) is 5.72. The van der Waals surface area contributed by atoms with Crippen molar-refractivity contribution in [2.45, 2.75) is 31.3 Å². The molecule has 1 amide bonds. The highest BCUT2D eigenvalue weighted by Gasteiger charge is 2.38. The SMILES string of the molecule is CN(C)c1nc(N)c(C(=O)NC2CCN3CCCC23)s1. The minimum Gasteiger partial charge on any atom is -0.382 e. The third kappa shape index (κ3) is 2.35. The molecule has 2 saturated heterocycles. The maximum absolute atomic E-state index is 12.4. The van der Waals surface area contributed by atoms with Gasteiger partial charge in [0, 0.05) is 32.7 Å². The second kappa shape index (κ2) is 5.21. The van der Waals surface area contributed by atoms with Gasteiger partial charge in [0.2, 0.25) is 0 Å². The zero-order valence-corrected chi connectivity index (χ0v) is 12.7. The van der Waals surface area contributed by atoms with Crippen molar-refractivity contribution in [3.05, 3.63) is 4.88 Å². The molecule has 2 aliphatic heterocycles. The maximum Gasteiger partial charge on any atom is 0.265 e. The van der Waals surface area contributed by atoms with E-state index in [0.717, 1.165) is 18.1 Å². The predicted octanol–water partition coefficient (Wildman–Crippen LogP) is 0.758. The number of nitrogens with one attached hydrogen (secondary N) is 1. The molecule has 3 heterocycles. The van der Waals surface area contributed by atoms with Crippen LogP contribution in [-0.2, 0) is 0 Å². The Kier molecular flexibility index (Phi) is 3.55. The summed E-state index contributed by atoms with van der Waals surface area (Å²) in [4.78, 5) is 21.5. The molecule has 0 radical (unpaired) electrons. The number of anilines is 2. The van der Waals surface area contributed by atoms with Crippen LogP contribution < -0.4 is 16.0 Å². The number of carbonyl (C=O) groups is 1. The van der Waals surface area contributed by atoms with Crippen molar-refractivity contribution in [3.8, 4) is 0 Å². The van der Waals surface area contributed by atoms with Crippen LogP contribution in [0.4, 0.5) is 10.9 Å². The normalized spacial score (nSPS) is 25.7. The van der Waals surface area contributed by atoms with Crippen molar-refractivity contribution in [1.82, 2.24) is 15.2 Å². The monoisotopic (exact) mass is 295 g/mol. The van der Waals surface area contributed by atoms with E-state index in [9.17, 15) is 4.79 Å². The van der Waals surface area contributed by atoms with Crippen LogP contribution in [0.25, 0.3) is 0 Å². The Bertz CT molecular complexity index is 515. The molecule has 0 saturated carbocycles. The molecule has 2 fully saturated rings. The van der Waals surface area contributed by atoms with Crippen molar-refractivity contribution in [3.63, 3.8) is 0 Å². The molecule has 20 heavy (non-hydrogen) atoms. The molecule has 7 heteroatoms. The largest absolute Gasteiger partial charge is 0.382 e. The highest BCUT2D eigenvalue weighted by atomic mass is 32.1. The Morgan fingerprint density at radius 1 is 1.45 bits per heavy atom. The molecule has 0 aliphatic carbocycles. The number of nitrogens with zero attached hydrogens (tertiary/aromatic N) is 3. The highest BCUT2D eigenvalue weighted by molar-refractivity contribution is 7.18. The molecule has 2 unspecified atom stereocenters. The number of aromatic nitrogens is 1. The summed E-state index contributed by atoms with van der Waals surface area (Å²) in [7, 11) is 3.79. The molecule has 0 spiro atoms. The first-order chi connectivity index (χ1) is 9.56. The van der Waals surface area contributed by atoms with E-state index in [4.69, 9.17) is 5.73 Å². The first kappa shape index (κ1) is 13.6. The summed E-state index contributed by atoms with van der Waals surface area (Å²) in [5.74, 6) is 0.254. The Balaban J connectivity index is 1.70. The number of nitrogens with two attached hydrogens (primary N) is 1. The van der Waals surface area contributed by atoms with Gasteiger partial charge in [-0.2, -0.15) is 0 Å². The third-order valence-electron chi connectivity index (χ3n) is 4.15. The zero-order chi connectivity index (χ0) is 14.3. The summed E-state index contributed by atoms with van der Waals surface area (Å²) in [5, 5.41) is 3.92. The molecular weight excluding hydrogens is 274 g/mol. The van der Waals surface area contributed by atoms with Gasteiger partial charge in [0.25, 0.3) is 5.91 Å². The van der Waals surface area contributed by atoms with Crippen LogP contribution in [0.3, 0.4) is 0 Å². The number of hydrogen-bond acceptors (Lipinski definition) is 6. The first-order valence-corrected chi connectivity index (χ1v) is 7.86. The van der Waals surface area contributed by atoms with Crippen LogP contribution in [-0.4, -0.2) is 55.1 Å². The number of thiazole rings is 1. The predicted molar refractivity (Wildman–Crippen MR) is 81.3 cm³/mol. The van der Waals surface area contributed by atoms with Crippen LogP contribution >= 0.6 is 11.3 Å². The first-order valence-electron chi connectivity index (χ1n) is 7.05. The van der Waals surface area contributed by atoms with Crippen molar-refractivity contribution in [2.24, 2.45) is 0 Å². The molecule has 1 aromatic rings. The molecule has 110 valence electrons. The van der Waals surface area contributed by atoms with Gasteiger partial charge in [-0.3, -0.25) is 9.69 Å². The molecule has 6 nitrogen and oxygen atoms in total. The Morgan fingerprint density at radius 2 is 2.25 bits per heavy atom. The van der Waals surface area contributed by atoms with Gasteiger partial charge in [0.05, 0.1) is 0 Å². The lowest BCUT2D eigenvalue weighted by molar-refractivity contribution is 0.0934. The van der Waals surface area contributed by atoms with Crippen LogP contribution in [0.1, 0.15) is 28.9 Å². The molecule has 3 N–H and O–H groups in total. The molecule has 2 aliphatic rings. The van der Waals surface area contributed by atoms with Gasteiger partial charge in [-0.1, -0.05) is 11.3 Å². The zero-order valence-electron chi connectivity index (χ0n) is 11.9. The van der Waals surface area contributed by atoms with Crippen LogP contribution in [0.5, 0.6) is 0 Å². The smallest absolute Gasteiger partial charge is 0.265 e. The number of amides is 1. The molecule has 3 rings (SSSR count). The number of fused-ring (bicyclic) bond motifs is 1. The fraction of sp³-hybridized carbons (Fsp3) is 0.692. The fourth-order valence-corrected chi connectivity index (χ4v) is 3.97. The molecule has 0 bridgehead atoms. The molecule has 0 aromatic carbocycles. The minimum absolute atomic E-state index is 0.0770. The lowest BCUT2D eigenvalue weighted by Crippen LogP contribution is -2.42. The Labute approximate surface area is 123 Å². The van der Waals surface area contributed by atoms with Gasteiger partial charge in [-0.05, 0) is 25.8 Å². The average Bonchev–Trinajstić information content (AvgIpc) is 3.05. The second-order valence-corrected chi connectivity index (χ2v) is 6.70. The van der Waals surface area contributed by atoms with Gasteiger partial charge in [0.15, 0.2) is 5.13 Å². The number of carbonyl (C=O) groups excluding carboxylic acids is 1. The van der Waals surface area contributed by atoms with E-state index in [-0.39, 0.29) is 11.9 Å². The topological polar surface area (TPSA) is 74.5 Å². The lowest BCUT2D eigenvalue weighted by atomic mass is 10.1. The van der Waals surface area contributed by atoms with E-state index in [0.29, 0.717) is 16.7 Å². The number of nitrogen functional groups attached to an aromatic ring is 1. The van der Waals surface area contributed by atoms with E-state index in [1.807, 2.05) is 19.0 Å². The number of rotatable bonds is 3. The van der Waals surface area contributed by atoms with Crippen molar-refractivity contribution in [1.29, 1.82) is 0 Å². The van der Waals surface area contributed by atoms with Crippen molar-refractivity contribution >= 4 is 28.2 Å². The summed E-state index contributed by atoms with van der Waals surface area (Å²) in [6.07, 6.45) is 3.46. The molecule has 2 atom stereocenters. The summed E-state index contributed by atoms with van der Waals surface area (Å²) in [5.41, 5.74) is 5.86. The van der Waals surface area contributed by atoms with Crippen LogP contribution in [0.15, 0.2) is 0 Å². The van der Waals surface area contributed by atoms with Gasteiger partial charge in [-0.25, -0.2) is 4.98 Å². The summed E-state index contributed by atoms with van der Waals surface area (Å²) in [6.45, 7) is 2.27. The Morgan fingerprint density at radius 3 is 2.95 bits per heavy atom. The molecular formula is C13H21N5OS. The molecule has 1 aromatic heterocycles. The van der Waals surface area contributed by atoms with Crippen LogP contribution in [0.2, 0.25) is 0 Å². The standard InChI is InChI=1S/C13H21N5OS/c1-17(2)13-16-11(14)10(20-13)12(19)15-8-5-7-18-6-3-4-9(8)18/h8-9H,3-7,14H2,1-2H3,(H,15,19). The summed E-state index contributed by atoms with van der Waals surface area (Å²) in [6, 6.07) is 0.774. The van der Waals surface area contributed by atoms with E-state index < -0.39 is 0 Å². The minimum atomic E-state index is -0.0770.